The molecule has 3 heteroatoms. The SMILES string of the molecule is CCCC(NCc1cn[nH]c1C)C1CC1. The molecule has 0 amide bonds. The van der Waals surface area contributed by atoms with Gasteiger partial charge in [-0.15, -0.1) is 0 Å². The van der Waals surface area contributed by atoms with Crippen LogP contribution in [-0.2, 0) is 6.54 Å². The molecule has 15 heavy (non-hydrogen) atoms. The molecule has 1 aromatic heterocycles. The third kappa shape index (κ3) is 2.81. The highest BCUT2D eigenvalue weighted by Crippen LogP contribution is 2.34. The summed E-state index contributed by atoms with van der Waals surface area (Å²) in [6.07, 6.45) is 7.35. The first-order valence-electron chi connectivity index (χ1n) is 6.03. The summed E-state index contributed by atoms with van der Waals surface area (Å²) in [4.78, 5) is 0. The van der Waals surface area contributed by atoms with Crippen LogP contribution in [0.5, 0.6) is 0 Å². The molecular weight excluding hydrogens is 186 g/mol. The number of H-pyrrole nitrogens is 1. The van der Waals surface area contributed by atoms with Crippen molar-refractivity contribution in [1.82, 2.24) is 15.5 Å². The molecule has 1 unspecified atom stereocenters. The Morgan fingerprint density at radius 1 is 1.60 bits per heavy atom. The van der Waals surface area contributed by atoms with E-state index in [0.717, 1.165) is 18.5 Å². The van der Waals surface area contributed by atoms with Crippen molar-refractivity contribution in [3.8, 4) is 0 Å². The fourth-order valence-corrected chi connectivity index (χ4v) is 2.11. The number of aryl methyl sites for hydroxylation is 1. The second kappa shape index (κ2) is 4.79. The molecule has 0 radical (unpaired) electrons. The summed E-state index contributed by atoms with van der Waals surface area (Å²) in [5.41, 5.74) is 2.49. The molecule has 0 aromatic carbocycles. The minimum Gasteiger partial charge on any atom is -0.310 e. The number of hydrogen-bond donors (Lipinski definition) is 2. The average molecular weight is 207 g/mol. The van der Waals surface area contributed by atoms with Crippen LogP contribution in [-0.4, -0.2) is 16.2 Å². The zero-order chi connectivity index (χ0) is 10.7. The highest BCUT2D eigenvalue weighted by molar-refractivity contribution is 5.14. The molecule has 1 aliphatic carbocycles. The molecule has 0 aliphatic heterocycles. The largest absolute Gasteiger partial charge is 0.310 e. The van der Waals surface area contributed by atoms with E-state index in [-0.39, 0.29) is 0 Å². The van der Waals surface area contributed by atoms with Crippen molar-refractivity contribution < 1.29 is 0 Å². The predicted molar refractivity (Wildman–Crippen MR) is 61.6 cm³/mol. The van der Waals surface area contributed by atoms with Crippen LogP contribution < -0.4 is 5.32 Å². The minimum atomic E-state index is 0.726. The molecule has 1 saturated carbocycles. The van der Waals surface area contributed by atoms with E-state index in [1.165, 1.54) is 36.9 Å². The Balaban J connectivity index is 1.82. The van der Waals surface area contributed by atoms with Crippen LogP contribution in [0, 0.1) is 12.8 Å². The van der Waals surface area contributed by atoms with Gasteiger partial charge in [-0.1, -0.05) is 13.3 Å². The van der Waals surface area contributed by atoms with Gasteiger partial charge in [-0.25, -0.2) is 0 Å². The van der Waals surface area contributed by atoms with Crippen molar-refractivity contribution in [3.63, 3.8) is 0 Å². The van der Waals surface area contributed by atoms with Crippen LogP contribution >= 0.6 is 0 Å². The molecule has 0 bridgehead atoms. The van der Waals surface area contributed by atoms with Gasteiger partial charge in [0.25, 0.3) is 0 Å². The molecule has 1 aromatic rings. The molecular formula is C12H21N3. The molecule has 0 saturated heterocycles. The molecule has 1 fully saturated rings. The highest BCUT2D eigenvalue weighted by Gasteiger charge is 2.29. The van der Waals surface area contributed by atoms with Gasteiger partial charge >= 0.3 is 0 Å². The van der Waals surface area contributed by atoms with Crippen LogP contribution in [0.2, 0.25) is 0 Å². The lowest BCUT2D eigenvalue weighted by Crippen LogP contribution is -2.30. The second-order valence-corrected chi connectivity index (χ2v) is 4.63. The van der Waals surface area contributed by atoms with E-state index < -0.39 is 0 Å². The van der Waals surface area contributed by atoms with E-state index in [4.69, 9.17) is 0 Å². The van der Waals surface area contributed by atoms with Gasteiger partial charge in [0.05, 0.1) is 6.20 Å². The third-order valence-electron chi connectivity index (χ3n) is 3.28. The van der Waals surface area contributed by atoms with Crippen LogP contribution in [0.3, 0.4) is 0 Å². The quantitative estimate of drug-likeness (QED) is 0.752. The topological polar surface area (TPSA) is 40.7 Å². The summed E-state index contributed by atoms with van der Waals surface area (Å²) in [6.45, 7) is 5.31. The monoisotopic (exact) mass is 207 g/mol. The fraction of sp³-hybridized carbons (Fsp3) is 0.750. The molecule has 3 nitrogen and oxygen atoms in total. The van der Waals surface area contributed by atoms with E-state index in [2.05, 4.69) is 29.4 Å². The van der Waals surface area contributed by atoms with Gasteiger partial charge in [-0.3, -0.25) is 5.10 Å². The smallest absolute Gasteiger partial charge is 0.0535 e. The van der Waals surface area contributed by atoms with Gasteiger partial charge in [-0.2, -0.15) is 5.10 Å². The molecule has 1 heterocycles. The van der Waals surface area contributed by atoms with Gasteiger partial charge in [0, 0.05) is 23.8 Å². The lowest BCUT2D eigenvalue weighted by Gasteiger charge is -2.17. The van der Waals surface area contributed by atoms with E-state index >= 15 is 0 Å². The summed E-state index contributed by atoms with van der Waals surface area (Å²) >= 11 is 0. The lowest BCUT2D eigenvalue weighted by molar-refractivity contribution is 0.429. The number of aromatic nitrogens is 2. The number of nitrogens with one attached hydrogen (secondary N) is 2. The third-order valence-corrected chi connectivity index (χ3v) is 3.28. The Hall–Kier alpha value is -0.830. The molecule has 2 rings (SSSR count). The van der Waals surface area contributed by atoms with Crippen molar-refractivity contribution in [2.45, 2.75) is 52.1 Å². The number of aromatic amines is 1. The van der Waals surface area contributed by atoms with Gasteiger partial charge in [0.15, 0.2) is 0 Å². The van der Waals surface area contributed by atoms with Crippen molar-refractivity contribution >= 4 is 0 Å². The van der Waals surface area contributed by atoms with Gasteiger partial charge in [-0.05, 0) is 32.1 Å². The van der Waals surface area contributed by atoms with Gasteiger partial charge in [0.2, 0.25) is 0 Å². The number of hydrogen-bond acceptors (Lipinski definition) is 2. The molecule has 2 N–H and O–H groups in total. The fourth-order valence-electron chi connectivity index (χ4n) is 2.11. The maximum atomic E-state index is 4.04. The predicted octanol–water partition coefficient (Wildman–Crippen LogP) is 2.39. The Morgan fingerprint density at radius 3 is 2.93 bits per heavy atom. The maximum Gasteiger partial charge on any atom is 0.0535 e. The average Bonchev–Trinajstić information content (AvgIpc) is 2.98. The summed E-state index contributed by atoms with van der Waals surface area (Å²) in [5.74, 6) is 0.942. The molecule has 1 aliphatic rings. The first kappa shape index (κ1) is 10.7. The lowest BCUT2D eigenvalue weighted by atomic mass is 10.1. The first-order valence-corrected chi connectivity index (χ1v) is 6.03. The Kier molecular flexibility index (Phi) is 3.41. The highest BCUT2D eigenvalue weighted by atomic mass is 15.1. The van der Waals surface area contributed by atoms with Crippen molar-refractivity contribution in [1.29, 1.82) is 0 Å². The second-order valence-electron chi connectivity index (χ2n) is 4.63. The van der Waals surface area contributed by atoms with E-state index in [1.54, 1.807) is 0 Å². The molecule has 84 valence electrons. The molecule has 0 spiro atoms. The Morgan fingerprint density at radius 2 is 2.40 bits per heavy atom. The summed E-state index contributed by atoms with van der Waals surface area (Å²) < 4.78 is 0. The molecule has 1 atom stereocenters. The summed E-state index contributed by atoms with van der Waals surface area (Å²) in [7, 11) is 0. The van der Waals surface area contributed by atoms with Crippen LogP contribution in [0.15, 0.2) is 6.20 Å². The van der Waals surface area contributed by atoms with Crippen molar-refractivity contribution in [2.24, 2.45) is 5.92 Å². The van der Waals surface area contributed by atoms with Crippen LogP contribution in [0.1, 0.15) is 43.9 Å². The van der Waals surface area contributed by atoms with E-state index in [0.29, 0.717) is 0 Å². The summed E-state index contributed by atoms with van der Waals surface area (Å²) in [5, 5.41) is 10.7. The zero-order valence-corrected chi connectivity index (χ0v) is 9.71. The number of nitrogens with zero attached hydrogens (tertiary/aromatic N) is 1. The number of rotatable bonds is 6. The van der Waals surface area contributed by atoms with E-state index in [9.17, 15) is 0 Å². The van der Waals surface area contributed by atoms with Crippen LogP contribution in [0.4, 0.5) is 0 Å². The minimum absolute atomic E-state index is 0.726. The van der Waals surface area contributed by atoms with Gasteiger partial charge < -0.3 is 5.32 Å². The van der Waals surface area contributed by atoms with E-state index in [1.807, 2.05) is 6.20 Å². The Bertz CT molecular complexity index is 302. The van der Waals surface area contributed by atoms with Gasteiger partial charge in [0.1, 0.15) is 0 Å². The Labute approximate surface area is 91.7 Å². The van der Waals surface area contributed by atoms with Crippen LogP contribution in [0.25, 0.3) is 0 Å². The first-order chi connectivity index (χ1) is 7.31. The summed E-state index contributed by atoms with van der Waals surface area (Å²) in [6, 6.07) is 0.726. The van der Waals surface area contributed by atoms with Crippen molar-refractivity contribution in [3.05, 3.63) is 17.5 Å². The standard InChI is InChI=1S/C12H21N3/c1-3-4-12(10-5-6-10)13-7-11-8-14-15-9(11)2/h8,10,12-13H,3-7H2,1-2H3,(H,14,15). The zero-order valence-electron chi connectivity index (χ0n) is 9.71. The van der Waals surface area contributed by atoms with Crippen molar-refractivity contribution in [2.75, 3.05) is 0 Å². The maximum absolute atomic E-state index is 4.04. The normalized spacial score (nSPS) is 18.0.